The predicted octanol–water partition coefficient (Wildman–Crippen LogP) is 0.121. The number of ether oxygens (including phenoxy) is 5. The van der Waals surface area contributed by atoms with Crippen molar-refractivity contribution in [2.75, 3.05) is 27.4 Å². The zero-order valence-corrected chi connectivity index (χ0v) is 16.9. The van der Waals surface area contributed by atoms with Crippen molar-refractivity contribution in [3.05, 3.63) is 0 Å². The number of phosphoric acid groups is 1. The fraction of sp³-hybridized carbons (Fsp3) is 1.00. The van der Waals surface area contributed by atoms with Gasteiger partial charge in [0.1, 0.15) is 40.1 Å². The molecule has 2 rings (SSSR count). The van der Waals surface area contributed by atoms with E-state index in [1.807, 2.05) is 13.8 Å². The third kappa shape index (κ3) is 6.52. The van der Waals surface area contributed by atoms with Gasteiger partial charge in [-0.15, -0.1) is 0 Å². The van der Waals surface area contributed by atoms with Gasteiger partial charge in [-0.25, -0.2) is 4.57 Å². The lowest BCUT2D eigenvalue weighted by Crippen LogP contribution is -2.39. The van der Waals surface area contributed by atoms with E-state index in [2.05, 4.69) is 0 Å². The predicted molar refractivity (Wildman–Crippen MR) is 96.8 cm³/mol. The van der Waals surface area contributed by atoms with Gasteiger partial charge < -0.3 is 28.6 Å². The Bertz CT molecular complexity index is 512. The van der Waals surface area contributed by atoms with E-state index in [9.17, 15) is 9.46 Å². The van der Waals surface area contributed by atoms with Crippen molar-refractivity contribution in [3.8, 4) is 0 Å². The van der Waals surface area contributed by atoms with Crippen LogP contribution in [-0.2, 0) is 37.3 Å². The Kier molecular flexibility index (Phi) is 8.80. The van der Waals surface area contributed by atoms with Crippen LogP contribution in [0.2, 0.25) is 0 Å². The highest BCUT2D eigenvalue weighted by Gasteiger charge is 2.48. The minimum Gasteiger partial charge on any atom is -0.382 e. The van der Waals surface area contributed by atoms with Crippen LogP contribution < -0.4 is 0 Å². The van der Waals surface area contributed by atoms with Gasteiger partial charge in [-0.3, -0.25) is 9.05 Å². The van der Waals surface area contributed by atoms with E-state index in [4.69, 9.17) is 48.4 Å². The van der Waals surface area contributed by atoms with Gasteiger partial charge in [0.05, 0.1) is 25.4 Å². The molecule has 2 saturated heterocycles. The van der Waals surface area contributed by atoms with Crippen LogP contribution in [0.5, 0.6) is 0 Å². The summed E-state index contributed by atoms with van der Waals surface area (Å²) in [5, 5.41) is 0. The second-order valence-electron chi connectivity index (χ2n) is 6.81. The molecule has 0 spiro atoms. The maximum Gasteiger partial charge on any atom is 0.473 e. The van der Waals surface area contributed by atoms with Gasteiger partial charge in [0.2, 0.25) is 0 Å². The molecule has 0 aliphatic carbocycles. The quantitative estimate of drug-likeness (QED) is 0.402. The summed E-state index contributed by atoms with van der Waals surface area (Å²) in [4.78, 5) is 10.3. The number of hydrogen-bond acceptors (Lipinski definition) is 8. The van der Waals surface area contributed by atoms with E-state index >= 15 is 0 Å². The Morgan fingerprint density at radius 3 is 2.41 bits per heavy atom. The maximum atomic E-state index is 12.6. The SMILES string of the molecule is [B]C1CC(OP(=O)(O)O[C@@H]2C(COC(C)C)OC([B])C2OC)C(COC)O1. The normalized spacial score (nSPS) is 39.1. The van der Waals surface area contributed by atoms with Crippen molar-refractivity contribution in [3.63, 3.8) is 0 Å². The average molecular weight is 404 g/mol. The summed E-state index contributed by atoms with van der Waals surface area (Å²) in [5.74, 6) is 0. The van der Waals surface area contributed by atoms with E-state index in [0.29, 0.717) is 0 Å². The smallest absolute Gasteiger partial charge is 0.382 e. The van der Waals surface area contributed by atoms with Gasteiger partial charge in [-0.1, -0.05) is 0 Å². The molecule has 7 unspecified atom stereocenters. The van der Waals surface area contributed by atoms with Crippen molar-refractivity contribution in [1.82, 2.24) is 0 Å². The zero-order valence-electron chi connectivity index (χ0n) is 16.1. The fourth-order valence-corrected chi connectivity index (χ4v) is 4.27. The first-order valence-corrected chi connectivity index (χ1v) is 10.3. The van der Waals surface area contributed by atoms with E-state index < -0.39 is 50.3 Å². The van der Waals surface area contributed by atoms with E-state index in [1.54, 1.807) is 0 Å². The lowest BCUT2D eigenvalue weighted by molar-refractivity contribution is -0.0591. The molecule has 1 N–H and O–H groups in total. The Hall–Kier alpha value is 0.0399. The van der Waals surface area contributed by atoms with Gasteiger partial charge in [-0.05, 0) is 20.3 Å². The fourth-order valence-electron chi connectivity index (χ4n) is 3.09. The topological polar surface area (TPSA) is 102 Å². The molecule has 0 aromatic rings. The molecule has 152 valence electrons. The minimum absolute atomic E-state index is 0.0591. The first-order chi connectivity index (χ1) is 12.7. The molecular formula is C15H27B2O9P. The standard InChI is InChI=1S/C15H27B2O9P/c1-8(2)22-7-11-13(14(21-4)15(17)24-11)26-27(18,19)25-9-5-12(16)23-10(9)6-20-3/h8-15H,5-7H2,1-4H3,(H,18,19)/t9?,10?,11?,12?,13-,14?,15?/m1/s1. The van der Waals surface area contributed by atoms with Gasteiger partial charge >= 0.3 is 7.82 Å². The number of methoxy groups -OCH3 is 2. The summed E-state index contributed by atoms with van der Waals surface area (Å²) in [6, 6.07) is -1.44. The van der Waals surface area contributed by atoms with Crippen molar-refractivity contribution in [1.29, 1.82) is 0 Å². The summed E-state index contributed by atoms with van der Waals surface area (Å²) in [7, 11) is 10.0. The van der Waals surface area contributed by atoms with Crippen LogP contribution in [0, 0.1) is 0 Å². The molecule has 2 fully saturated rings. The van der Waals surface area contributed by atoms with Gasteiger partial charge in [-0.2, -0.15) is 0 Å². The molecule has 27 heavy (non-hydrogen) atoms. The molecule has 9 nitrogen and oxygen atoms in total. The Labute approximate surface area is 162 Å². The van der Waals surface area contributed by atoms with Crippen molar-refractivity contribution >= 4 is 23.5 Å². The molecule has 8 atom stereocenters. The minimum atomic E-state index is -4.50. The molecule has 2 aliphatic rings. The second kappa shape index (κ2) is 10.2. The maximum absolute atomic E-state index is 12.6. The van der Waals surface area contributed by atoms with Gasteiger partial charge in [0, 0.05) is 26.2 Å². The third-order valence-electron chi connectivity index (χ3n) is 4.30. The number of phosphoric ester groups is 1. The first-order valence-electron chi connectivity index (χ1n) is 8.81. The summed E-state index contributed by atoms with van der Waals surface area (Å²) in [5.41, 5.74) is 0. The Balaban J connectivity index is 2.04. The Morgan fingerprint density at radius 2 is 1.81 bits per heavy atom. The van der Waals surface area contributed by atoms with Crippen LogP contribution in [0.3, 0.4) is 0 Å². The lowest BCUT2D eigenvalue weighted by atomic mass is 9.93. The van der Waals surface area contributed by atoms with E-state index in [0.717, 1.165) is 0 Å². The monoisotopic (exact) mass is 404 g/mol. The molecule has 0 bridgehead atoms. The first kappa shape index (κ1) is 23.3. The summed E-state index contributed by atoms with van der Waals surface area (Å²) in [6.07, 6.45) is -3.55. The zero-order chi connectivity index (χ0) is 20.2. The Morgan fingerprint density at radius 1 is 1.11 bits per heavy atom. The van der Waals surface area contributed by atoms with Crippen LogP contribution in [0.4, 0.5) is 0 Å². The second-order valence-corrected chi connectivity index (χ2v) is 8.17. The molecule has 2 heterocycles. The van der Waals surface area contributed by atoms with Crippen LogP contribution >= 0.6 is 7.82 Å². The summed E-state index contributed by atoms with van der Waals surface area (Å²) in [6.45, 7) is 4.01. The molecule has 0 aromatic heterocycles. The van der Waals surface area contributed by atoms with Crippen molar-refractivity contribution < 1.29 is 42.2 Å². The van der Waals surface area contributed by atoms with Gasteiger partial charge in [0.15, 0.2) is 0 Å². The summed E-state index contributed by atoms with van der Waals surface area (Å²) >= 11 is 0. The number of rotatable bonds is 10. The number of hydrogen-bond donors (Lipinski definition) is 1. The highest BCUT2D eigenvalue weighted by Crippen LogP contribution is 2.50. The molecular weight excluding hydrogens is 377 g/mol. The van der Waals surface area contributed by atoms with Crippen LogP contribution in [0.1, 0.15) is 20.3 Å². The van der Waals surface area contributed by atoms with Crippen LogP contribution in [-0.4, -0.2) is 96.6 Å². The largest absolute Gasteiger partial charge is 0.473 e. The molecule has 0 saturated carbocycles. The molecule has 0 amide bonds. The van der Waals surface area contributed by atoms with Crippen LogP contribution in [0.15, 0.2) is 0 Å². The average Bonchev–Trinajstić information content (AvgIpc) is 3.04. The molecule has 0 aromatic carbocycles. The van der Waals surface area contributed by atoms with Crippen molar-refractivity contribution in [2.24, 2.45) is 0 Å². The van der Waals surface area contributed by atoms with Gasteiger partial charge in [0.25, 0.3) is 0 Å². The van der Waals surface area contributed by atoms with E-state index in [1.165, 1.54) is 14.2 Å². The van der Waals surface area contributed by atoms with E-state index in [-0.39, 0.29) is 25.7 Å². The third-order valence-corrected chi connectivity index (χ3v) is 5.34. The molecule has 12 heteroatoms. The van der Waals surface area contributed by atoms with Crippen molar-refractivity contribution in [2.45, 2.75) is 68.9 Å². The highest BCUT2D eigenvalue weighted by atomic mass is 31.2. The molecule has 2 aliphatic heterocycles. The molecule has 4 radical (unpaired) electrons. The van der Waals surface area contributed by atoms with Crippen LogP contribution in [0.25, 0.3) is 0 Å². The lowest BCUT2D eigenvalue weighted by Gasteiger charge is -2.27. The highest BCUT2D eigenvalue weighted by molar-refractivity contribution is 7.47. The summed E-state index contributed by atoms with van der Waals surface area (Å²) < 4.78 is 50.1.